The first-order valence-electron chi connectivity index (χ1n) is 7.62. The zero-order valence-electron chi connectivity index (χ0n) is 13.6. The summed E-state index contributed by atoms with van der Waals surface area (Å²) in [5, 5.41) is 3.03. The highest BCUT2D eigenvalue weighted by Crippen LogP contribution is 2.10. The van der Waals surface area contributed by atoms with Crippen molar-refractivity contribution in [1.29, 1.82) is 0 Å². The van der Waals surface area contributed by atoms with E-state index in [9.17, 15) is 4.21 Å². The van der Waals surface area contributed by atoms with Gasteiger partial charge in [-0.2, -0.15) is 0 Å². The molecule has 1 aliphatic rings. The van der Waals surface area contributed by atoms with Gasteiger partial charge in [0.2, 0.25) is 0 Å². The molecule has 0 bridgehead atoms. The quantitative estimate of drug-likeness (QED) is 0.397. The summed E-state index contributed by atoms with van der Waals surface area (Å²) in [4.78, 5) is 6.68. The summed E-state index contributed by atoms with van der Waals surface area (Å²) >= 11 is 0. The molecule has 1 unspecified atom stereocenters. The van der Waals surface area contributed by atoms with Crippen molar-refractivity contribution in [2.45, 2.75) is 31.9 Å². The Balaban J connectivity index is 2.08. The minimum atomic E-state index is -0.856. The van der Waals surface area contributed by atoms with Crippen LogP contribution in [0.15, 0.2) is 4.99 Å². The van der Waals surface area contributed by atoms with Crippen molar-refractivity contribution in [2.24, 2.45) is 10.7 Å². The van der Waals surface area contributed by atoms with Crippen LogP contribution in [-0.4, -0.2) is 71.5 Å². The highest BCUT2D eigenvalue weighted by atomic mass is 32.2. The number of aliphatic imine (C=N–C) groups is 1. The van der Waals surface area contributed by atoms with Crippen molar-refractivity contribution in [3.63, 3.8) is 0 Å². The van der Waals surface area contributed by atoms with Crippen molar-refractivity contribution in [3.8, 4) is 0 Å². The normalized spacial score (nSPS) is 19.5. The van der Waals surface area contributed by atoms with Gasteiger partial charge < -0.3 is 15.8 Å². The van der Waals surface area contributed by atoms with Crippen LogP contribution in [0.2, 0.25) is 0 Å². The third-order valence-corrected chi connectivity index (χ3v) is 5.24. The largest absolute Gasteiger partial charge is 0.379 e. The lowest BCUT2D eigenvalue weighted by Crippen LogP contribution is -2.38. The third-order valence-electron chi connectivity index (χ3n) is 3.29. The van der Waals surface area contributed by atoms with E-state index in [0.29, 0.717) is 18.3 Å². The van der Waals surface area contributed by atoms with Crippen LogP contribution < -0.4 is 11.1 Å². The summed E-state index contributed by atoms with van der Waals surface area (Å²) in [6.07, 6.45) is 0.996. The molecule has 7 heteroatoms. The lowest BCUT2D eigenvalue weighted by atomic mass is 10.3. The average Bonchev–Trinajstić information content (AvgIpc) is 2.43. The molecule has 21 heavy (non-hydrogen) atoms. The van der Waals surface area contributed by atoms with Gasteiger partial charge in [-0.25, -0.2) is 0 Å². The molecule has 6 nitrogen and oxygen atoms in total. The molecule has 1 atom stereocenters. The van der Waals surface area contributed by atoms with E-state index in [2.05, 4.69) is 15.2 Å². The van der Waals surface area contributed by atoms with E-state index < -0.39 is 10.8 Å². The van der Waals surface area contributed by atoms with Gasteiger partial charge in [0.25, 0.3) is 0 Å². The molecule has 0 saturated carbocycles. The van der Waals surface area contributed by atoms with E-state index >= 15 is 0 Å². The number of hydrogen-bond donors (Lipinski definition) is 2. The van der Waals surface area contributed by atoms with Gasteiger partial charge >= 0.3 is 0 Å². The van der Waals surface area contributed by atoms with Crippen molar-refractivity contribution < 1.29 is 8.95 Å². The first-order chi connectivity index (χ1) is 9.89. The smallest absolute Gasteiger partial charge is 0.188 e. The van der Waals surface area contributed by atoms with Crippen LogP contribution in [0.4, 0.5) is 0 Å². The molecule has 1 rings (SSSR count). The maximum Gasteiger partial charge on any atom is 0.188 e. The molecule has 0 radical (unpaired) electrons. The zero-order chi connectivity index (χ0) is 15.7. The van der Waals surface area contributed by atoms with Gasteiger partial charge in [-0.15, -0.1) is 0 Å². The standard InChI is InChI=1S/C14H30N4O2S/c1-14(2,3)21(19)12-6-17-13(15)16-5-4-7-18-8-10-20-11-9-18/h4-12H2,1-3H3,(H3,15,16,17). The van der Waals surface area contributed by atoms with Gasteiger partial charge in [0.05, 0.1) is 13.2 Å². The third kappa shape index (κ3) is 8.38. The molecule has 1 fully saturated rings. The van der Waals surface area contributed by atoms with E-state index in [0.717, 1.165) is 45.8 Å². The summed E-state index contributed by atoms with van der Waals surface area (Å²) in [5.74, 6) is 1.04. The predicted molar refractivity (Wildman–Crippen MR) is 89.1 cm³/mol. The molecule has 124 valence electrons. The van der Waals surface area contributed by atoms with E-state index in [1.165, 1.54) is 0 Å². The van der Waals surface area contributed by atoms with Crippen molar-refractivity contribution in [3.05, 3.63) is 0 Å². The Labute approximate surface area is 131 Å². The van der Waals surface area contributed by atoms with E-state index in [1.807, 2.05) is 20.8 Å². The number of hydrogen-bond acceptors (Lipinski definition) is 4. The summed E-state index contributed by atoms with van der Waals surface area (Å²) in [6, 6.07) is 0. The monoisotopic (exact) mass is 318 g/mol. The Morgan fingerprint density at radius 1 is 1.38 bits per heavy atom. The predicted octanol–water partition coefficient (Wildman–Crippen LogP) is 0.160. The summed E-state index contributed by atoms with van der Waals surface area (Å²) in [6.45, 7) is 12.0. The minimum Gasteiger partial charge on any atom is -0.379 e. The Kier molecular flexibility index (Phi) is 8.21. The maximum absolute atomic E-state index is 11.9. The minimum absolute atomic E-state index is 0.175. The van der Waals surface area contributed by atoms with Crippen LogP contribution in [0.5, 0.6) is 0 Å². The van der Waals surface area contributed by atoms with Crippen molar-refractivity contribution >= 4 is 16.8 Å². The van der Waals surface area contributed by atoms with Gasteiger partial charge in [0.15, 0.2) is 5.96 Å². The Hall–Kier alpha value is -0.660. The average molecular weight is 318 g/mol. The molecular formula is C14H30N4O2S. The first-order valence-corrected chi connectivity index (χ1v) is 8.94. The van der Waals surface area contributed by atoms with E-state index in [1.54, 1.807) is 0 Å². The van der Waals surface area contributed by atoms with Gasteiger partial charge in [0.1, 0.15) is 0 Å². The van der Waals surface area contributed by atoms with Crippen molar-refractivity contribution in [1.82, 2.24) is 10.2 Å². The topological polar surface area (TPSA) is 80.0 Å². The van der Waals surface area contributed by atoms with Crippen LogP contribution in [0.25, 0.3) is 0 Å². The molecule has 0 spiro atoms. The Morgan fingerprint density at radius 3 is 2.67 bits per heavy atom. The van der Waals surface area contributed by atoms with Gasteiger partial charge in [-0.1, -0.05) is 0 Å². The molecule has 1 aliphatic heterocycles. The molecule has 0 aromatic rings. The molecule has 1 saturated heterocycles. The van der Waals surface area contributed by atoms with Gasteiger partial charge in [-0.05, 0) is 27.2 Å². The number of guanidine groups is 1. The van der Waals surface area contributed by atoms with E-state index in [4.69, 9.17) is 10.5 Å². The lowest BCUT2D eigenvalue weighted by Gasteiger charge is -2.26. The Morgan fingerprint density at radius 2 is 2.05 bits per heavy atom. The number of morpholine rings is 1. The second-order valence-electron chi connectivity index (χ2n) is 6.16. The molecule has 0 aromatic heterocycles. The molecule has 0 aromatic carbocycles. The van der Waals surface area contributed by atoms with Gasteiger partial charge in [0, 0.05) is 54.0 Å². The van der Waals surface area contributed by atoms with E-state index in [-0.39, 0.29) is 4.75 Å². The van der Waals surface area contributed by atoms with Crippen LogP contribution in [0.1, 0.15) is 27.2 Å². The summed E-state index contributed by atoms with van der Waals surface area (Å²) in [7, 11) is -0.856. The second kappa shape index (κ2) is 9.38. The van der Waals surface area contributed by atoms with Crippen LogP contribution in [0, 0.1) is 0 Å². The molecule has 0 aliphatic carbocycles. The molecule has 3 N–H and O–H groups in total. The molecule has 0 amide bonds. The Bertz CT molecular complexity index is 349. The number of ether oxygens (including phenoxy) is 1. The lowest BCUT2D eigenvalue weighted by molar-refractivity contribution is 0.0377. The van der Waals surface area contributed by atoms with Crippen LogP contribution in [-0.2, 0) is 15.5 Å². The maximum atomic E-state index is 11.9. The highest BCUT2D eigenvalue weighted by molar-refractivity contribution is 7.86. The highest BCUT2D eigenvalue weighted by Gasteiger charge is 2.18. The molecule has 1 heterocycles. The number of rotatable bonds is 7. The fourth-order valence-corrected chi connectivity index (χ4v) is 2.85. The fraction of sp³-hybridized carbons (Fsp3) is 0.929. The summed E-state index contributed by atoms with van der Waals surface area (Å²) < 4.78 is 17.0. The van der Waals surface area contributed by atoms with Crippen LogP contribution >= 0.6 is 0 Å². The van der Waals surface area contributed by atoms with Crippen LogP contribution in [0.3, 0.4) is 0 Å². The summed E-state index contributed by atoms with van der Waals surface area (Å²) in [5.41, 5.74) is 5.79. The zero-order valence-corrected chi connectivity index (χ0v) is 14.4. The molecular weight excluding hydrogens is 288 g/mol. The number of nitrogens with zero attached hydrogens (tertiary/aromatic N) is 2. The second-order valence-corrected chi connectivity index (χ2v) is 8.49. The fourth-order valence-electron chi connectivity index (χ4n) is 1.95. The number of nitrogens with two attached hydrogens (primary N) is 1. The first kappa shape index (κ1) is 18.4. The van der Waals surface area contributed by atoms with Gasteiger partial charge in [-0.3, -0.25) is 14.1 Å². The number of nitrogens with one attached hydrogen (secondary N) is 1. The SMILES string of the molecule is CC(C)(C)S(=O)CCNC(N)=NCCCN1CCOCC1. The van der Waals surface area contributed by atoms with Crippen molar-refractivity contribution in [2.75, 3.05) is 51.7 Å².